The Morgan fingerprint density at radius 1 is 1.42 bits per heavy atom. The average molecular weight is 267 g/mol. The summed E-state index contributed by atoms with van der Waals surface area (Å²) in [7, 11) is 0. The van der Waals surface area contributed by atoms with Crippen LogP contribution in [0.2, 0.25) is 0 Å². The first-order valence-electron chi connectivity index (χ1n) is 7.03. The van der Waals surface area contributed by atoms with Gasteiger partial charge in [-0.1, -0.05) is 19.1 Å². The smallest absolute Gasteiger partial charge is 0.165 e. The molecule has 0 aromatic heterocycles. The first-order valence-corrected chi connectivity index (χ1v) is 7.03. The molecule has 3 nitrogen and oxygen atoms in total. The van der Waals surface area contributed by atoms with Crippen molar-refractivity contribution in [3.8, 4) is 5.75 Å². The first kappa shape index (κ1) is 14.3. The van der Waals surface area contributed by atoms with E-state index in [0.717, 1.165) is 38.0 Å². The fraction of sp³-hybridized carbons (Fsp3) is 0.600. The third kappa shape index (κ3) is 4.18. The molecule has 4 heteroatoms. The van der Waals surface area contributed by atoms with Crippen LogP contribution in [0, 0.1) is 5.82 Å². The lowest BCUT2D eigenvalue weighted by atomic mass is 10.1. The van der Waals surface area contributed by atoms with Gasteiger partial charge in [-0.25, -0.2) is 4.39 Å². The van der Waals surface area contributed by atoms with Crippen LogP contribution in [0.4, 0.5) is 4.39 Å². The van der Waals surface area contributed by atoms with Gasteiger partial charge in [0.05, 0.1) is 6.10 Å². The Kier molecular flexibility index (Phi) is 5.61. The monoisotopic (exact) mass is 267 g/mol. The van der Waals surface area contributed by atoms with E-state index < -0.39 is 0 Å². The van der Waals surface area contributed by atoms with Crippen molar-refractivity contribution >= 4 is 0 Å². The van der Waals surface area contributed by atoms with Gasteiger partial charge in [-0.05, 0) is 31.9 Å². The minimum Gasteiger partial charge on any atom is -0.487 e. The van der Waals surface area contributed by atoms with E-state index in [4.69, 9.17) is 9.47 Å². The number of halogens is 1. The predicted octanol–water partition coefficient (Wildman–Crippen LogP) is 2.88. The van der Waals surface area contributed by atoms with Crippen molar-refractivity contribution in [3.63, 3.8) is 0 Å². The maximum Gasteiger partial charge on any atom is 0.165 e. The third-order valence-corrected chi connectivity index (χ3v) is 3.30. The van der Waals surface area contributed by atoms with Crippen molar-refractivity contribution in [2.45, 2.75) is 38.8 Å². The minimum absolute atomic E-state index is 0.0975. The molecule has 0 amide bonds. The Bertz CT molecular complexity index is 392. The van der Waals surface area contributed by atoms with Crippen LogP contribution in [-0.2, 0) is 11.3 Å². The third-order valence-electron chi connectivity index (χ3n) is 3.30. The van der Waals surface area contributed by atoms with Crippen LogP contribution in [0.3, 0.4) is 0 Å². The highest BCUT2D eigenvalue weighted by atomic mass is 19.1. The second-order valence-corrected chi connectivity index (χ2v) is 4.81. The van der Waals surface area contributed by atoms with Gasteiger partial charge in [0.1, 0.15) is 6.61 Å². The van der Waals surface area contributed by atoms with E-state index in [1.54, 1.807) is 6.07 Å². The molecule has 1 atom stereocenters. The summed E-state index contributed by atoms with van der Waals surface area (Å²) in [6, 6.07) is 5.04. The molecule has 1 aliphatic rings. The van der Waals surface area contributed by atoms with Crippen molar-refractivity contribution in [2.24, 2.45) is 0 Å². The Balaban J connectivity index is 1.96. The van der Waals surface area contributed by atoms with Crippen molar-refractivity contribution < 1.29 is 13.9 Å². The lowest BCUT2D eigenvalue weighted by Gasteiger charge is -2.23. The van der Waals surface area contributed by atoms with E-state index in [2.05, 4.69) is 5.32 Å². The molecule has 0 radical (unpaired) electrons. The number of ether oxygens (including phenoxy) is 2. The van der Waals surface area contributed by atoms with E-state index in [9.17, 15) is 4.39 Å². The van der Waals surface area contributed by atoms with Crippen molar-refractivity contribution in [1.29, 1.82) is 0 Å². The molecule has 1 saturated heterocycles. The molecule has 0 bridgehead atoms. The van der Waals surface area contributed by atoms with E-state index in [0.29, 0.717) is 18.9 Å². The van der Waals surface area contributed by atoms with Crippen molar-refractivity contribution in [2.75, 3.05) is 19.8 Å². The number of nitrogens with one attached hydrogen (secondary N) is 1. The molecule has 1 fully saturated rings. The van der Waals surface area contributed by atoms with Gasteiger partial charge in [0.25, 0.3) is 0 Å². The molecular formula is C15H22FNO2. The highest BCUT2D eigenvalue weighted by Crippen LogP contribution is 2.24. The molecule has 19 heavy (non-hydrogen) atoms. The van der Waals surface area contributed by atoms with Gasteiger partial charge in [0.2, 0.25) is 0 Å². The van der Waals surface area contributed by atoms with Crippen molar-refractivity contribution in [1.82, 2.24) is 5.32 Å². The van der Waals surface area contributed by atoms with Gasteiger partial charge in [-0.15, -0.1) is 0 Å². The molecule has 0 saturated carbocycles. The van der Waals surface area contributed by atoms with Crippen LogP contribution in [0.1, 0.15) is 31.7 Å². The number of hydrogen-bond acceptors (Lipinski definition) is 3. The Labute approximate surface area is 114 Å². The van der Waals surface area contributed by atoms with Crippen LogP contribution in [-0.4, -0.2) is 25.9 Å². The molecule has 1 heterocycles. The lowest BCUT2D eigenvalue weighted by molar-refractivity contribution is -0.0119. The van der Waals surface area contributed by atoms with Crippen molar-refractivity contribution in [3.05, 3.63) is 29.6 Å². The molecular weight excluding hydrogens is 245 g/mol. The summed E-state index contributed by atoms with van der Waals surface area (Å²) < 4.78 is 25.1. The fourth-order valence-electron chi connectivity index (χ4n) is 2.23. The van der Waals surface area contributed by atoms with Gasteiger partial charge in [0, 0.05) is 18.7 Å². The summed E-state index contributed by atoms with van der Waals surface area (Å²) >= 11 is 0. The fourth-order valence-corrected chi connectivity index (χ4v) is 2.23. The topological polar surface area (TPSA) is 30.5 Å². The van der Waals surface area contributed by atoms with Gasteiger partial charge in [-0.3, -0.25) is 0 Å². The Morgan fingerprint density at radius 3 is 3.05 bits per heavy atom. The average Bonchev–Trinajstić information content (AvgIpc) is 2.45. The first-order chi connectivity index (χ1) is 9.31. The highest BCUT2D eigenvalue weighted by Gasteiger charge is 2.16. The zero-order valence-corrected chi connectivity index (χ0v) is 11.5. The molecule has 2 rings (SSSR count). The Morgan fingerprint density at radius 2 is 2.32 bits per heavy atom. The number of benzene rings is 1. The second-order valence-electron chi connectivity index (χ2n) is 4.81. The van der Waals surface area contributed by atoms with Gasteiger partial charge in [0.15, 0.2) is 11.6 Å². The lowest BCUT2D eigenvalue weighted by Crippen LogP contribution is -2.26. The molecule has 1 N–H and O–H groups in total. The highest BCUT2D eigenvalue weighted by molar-refractivity contribution is 5.34. The van der Waals surface area contributed by atoms with E-state index in [1.165, 1.54) is 6.07 Å². The molecule has 0 spiro atoms. The molecule has 1 aromatic rings. The van der Waals surface area contributed by atoms with Gasteiger partial charge in [-0.2, -0.15) is 0 Å². The van der Waals surface area contributed by atoms with Gasteiger partial charge >= 0.3 is 0 Å². The van der Waals surface area contributed by atoms with Crippen LogP contribution >= 0.6 is 0 Å². The van der Waals surface area contributed by atoms with E-state index >= 15 is 0 Å². The SMILES string of the molecule is CCNCc1cccc(F)c1OCC1CCCCO1. The maximum atomic E-state index is 13.8. The second kappa shape index (κ2) is 7.46. The summed E-state index contributed by atoms with van der Waals surface area (Å²) in [6.07, 6.45) is 3.37. The van der Waals surface area contributed by atoms with Crippen LogP contribution in [0.25, 0.3) is 0 Å². The van der Waals surface area contributed by atoms with Gasteiger partial charge < -0.3 is 14.8 Å². The quantitative estimate of drug-likeness (QED) is 0.859. The van der Waals surface area contributed by atoms with Crippen LogP contribution in [0.15, 0.2) is 18.2 Å². The summed E-state index contributed by atoms with van der Waals surface area (Å²) in [5, 5.41) is 3.19. The van der Waals surface area contributed by atoms with E-state index in [1.807, 2.05) is 13.0 Å². The zero-order chi connectivity index (χ0) is 13.5. The van der Waals surface area contributed by atoms with E-state index in [-0.39, 0.29) is 11.9 Å². The number of hydrogen-bond donors (Lipinski definition) is 1. The molecule has 106 valence electrons. The summed E-state index contributed by atoms with van der Waals surface area (Å²) in [5.41, 5.74) is 0.859. The summed E-state index contributed by atoms with van der Waals surface area (Å²) in [6.45, 7) is 4.71. The molecule has 1 unspecified atom stereocenters. The minimum atomic E-state index is -0.300. The number of rotatable bonds is 6. The molecule has 1 aromatic carbocycles. The van der Waals surface area contributed by atoms with Crippen LogP contribution in [0.5, 0.6) is 5.75 Å². The molecule has 0 aliphatic carbocycles. The summed E-state index contributed by atoms with van der Waals surface area (Å²) in [4.78, 5) is 0. The normalized spacial score (nSPS) is 19.4. The maximum absolute atomic E-state index is 13.8. The standard InChI is InChI=1S/C15H22FNO2/c1-2-17-10-12-6-5-8-14(16)15(12)19-11-13-7-3-4-9-18-13/h5-6,8,13,17H,2-4,7,9-11H2,1H3. The molecule has 1 aliphatic heterocycles. The van der Waals surface area contributed by atoms with Crippen LogP contribution < -0.4 is 10.1 Å². The predicted molar refractivity (Wildman–Crippen MR) is 72.9 cm³/mol. The number of para-hydroxylation sites is 1. The Hall–Kier alpha value is -1.13. The zero-order valence-electron chi connectivity index (χ0n) is 11.5. The summed E-state index contributed by atoms with van der Waals surface area (Å²) in [5.74, 6) is 0.0591. The largest absolute Gasteiger partial charge is 0.487 e.